The molecule has 2 aromatic carbocycles. The van der Waals surface area contributed by atoms with Crippen LogP contribution in [0, 0.1) is 6.92 Å². The average molecular weight is 652 g/mol. The van der Waals surface area contributed by atoms with E-state index < -0.39 is 26.4 Å². The van der Waals surface area contributed by atoms with Crippen LogP contribution in [0.2, 0.25) is 30.7 Å². The van der Waals surface area contributed by atoms with E-state index in [1.165, 1.54) is 4.68 Å². The van der Waals surface area contributed by atoms with Crippen molar-refractivity contribution in [3.8, 4) is 22.8 Å². The molecule has 1 fully saturated rings. The summed E-state index contributed by atoms with van der Waals surface area (Å²) in [5.74, 6) is 1.87. The summed E-state index contributed by atoms with van der Waals surface area (Å²) in [6.45, 7) is 10.1. The van der Waals surface area contributed by atoms with E-state index in [-0.39, 0.29) is 13.1 Å². The highest BCUT2D eigenvalue weighted by atomic mass is 35.5. The van der Waals surface area contributed by atoms with Crippen molar-refractivity contribution in [3.05, 3.63) is 59.8 Å². The highest BCUT2D eigenvalue weighted by Gasteiger charge is 2.33. The van der Waals surface area contributed by atoms with Gasteiger partial charge in [0.05, 0.1) is 47.2 Å². The lowest BCUT2D eigenvalue weighted by Crippen LogP contribution is -2.45. The lowest BCUT2D eigenvalue weighted by molar-refractivity contribution is 0.0754. The topological polar surface area (TPSA) is 120 Å². The molecule has 5 aromatic rings. The second-order valence-electron chi connectivity index (χ2n) is 12.5. The van der Waals surface area contributed by atoms with Crippen molar-refractivity contribution in [1.82, 2.24) is 34.2 Å². The minimum atomic E-state index is -1.37. The molecule has 45 heavy (non-hydrogen) atoms. The molecular formula is C31H35ClFN7O4Si. The van der Waals surface area contributed by atoms with Gasteiger partial charge in [0.2, 0.25) is 0 Å². The number of likely N-dealkylation sites (tertiary alicyclic amines) is 1. The minimum Gasteiger partial charge on any atom is -0.465 e. The first kappa shape index (κ1) is 30.9. The van der Waals surface area contributed by atoms with Crippen LogP contribution in [-0.2, 0) is 11.5 Å². The number of hydrogen-bond acceptors (Lipinski definition) is 7. The second-order valence-corrected chi connectivity index (χ2v) is 18.5. The highest BCUT2D eigenvalue weighted by molar-refractivity contribution is 6.76. The molecule has 3 aromatic heterocycles. The van der Waals surface area contributed by atoms with E-state index in [0.717, 1.165) is 27.8 Å². The van der Waals surface area contributed by atoms with E-state index in [1.54, 1.807) is 30.7 Å². The van der Waals surface area contributed by atoms with Crippen LogP contribution < -0.4 is 4.74 Å². The Hall–Kier alpha value is -4.07. The predicted octanol–water partition coefficient (Wildman–Crippen LogP) is 7.17. The van der Waals surface area contributed by atoms with E-state index in [0.29, 0.717) is 58.6 Å². The first-order chi connectivity index (χ1) is 21.5. The summed E-state index contributed by atoms with van der Waals surface area (Å²) >= 11 is 6.83. The van der Waals surface area contributed by atoms with Crippen molar-refractivity contribution in [3.63, 3.8) is 0 Å². The largest absolute Gasteiger partial charge is 0.465 e. The van der Waals surface area contributed by atoms with Crippen LogP contribution in [0.5, 0.6) is 11.5 Å². The Bertz CT molecular complexity index is 1870. The van der Waals surface area contributed by atoms with Gasteiger partial charge in [0.15, 0.2) is 0 Å². The maximum Gasteiger partial charge on any atom is 0.407 e. The van der Waals surface area contributed by atoms with Crippen LogP contribution >= 0.6 is 11.6 Å². The third-order valence-electron chi connectivity index (χ3n) is 7.99. The van der Waals surface area contributed by atoms with Gasteiger partial charge in [-0.25, -0.2) is 19.2 Å². The van der Waals surface area contributed by atoms with Crippen LogP contribution in [0.15, 0.2) is 48.9 Å². The lowest BCUT2D eigenvalue weighted by atomic mass is 10.0. The summed E-state index contributed by atoms with van der Waals surface area (Å²) in [5.41, 5.74) is 3.95. The maximum atomic E-state index is 14.8. The predicted molar refractivity (Wildman–Crippen MR) is 173 cm³/mol. The Labute approximate surface area is 265 Å². The summed E-state index contributed by atoms with van der Waals surface area (Å²) in [6.07, 6.45) is 2.74. The number of imidazole rings is 1. The molecule has 2 atom stereocenters. The molecular weight excluding hydrogens is 617 g/mol. The Balaban J connectivity index is 1.22. The number of aromatic nitrogens is 6. The van der Waals surface area contributed by atoms with E-state index in [9.17, 15) is 14.3 Å². The molecule has 14 heteroatoms. The van der Waals surface area contributed by atoms with Gasteiger partial charge in [-0.3, -0.25) is 9.67 Å². The Kier molecular flexibility index (Phi) is 8.50. The quantitative estimate of drug-likeness (QED) is 0.132. The molecule has 6 rings (SSSR count). The standard InChI is InChI=1S/C31H35ClFN7O4Si/c1-19-36-23-6-5-21(13-27(23)39(19)18-43-11-12-45(2,3)4)44-28-8-7-24-30(29(28)32)37-25(15-34-24)20-14-35-40(16-20)26-9-10-38(31(41)42)17-22(26)33/h5-8,13-16,22,26H,9-12,17-18H2,1-4H3,(H,41,42). The van der Waals surface area contributed by atoms with Gasteiger partial charge in [0.1, 0.15) is 40.8 Å². The van der Waals surface area contributed by atoms with Crippen LogP contribution in [-0.4, -0.2) is 79.3 Å². The van der Waals surface area contributed by atoms with Crippen LogP contribution in [0.1, 0.15) is 18.3 Å². The third kappa shape index (κ3) is 6.65. The molecule has 11 nitrogen and oxygen atoms in total. The van der Waals surface area contributed by atoms with Gasteiger partial charge in [0, 0.05) is 39.1 Å². The molecule has 1 N–H and O–H groups in total. The van der Waals surface area contributed by atoms with Crippen molar-refractivity contribution >= 4 is 47.8 Å². The van der Waals surface area contributed by atoms with Crippen LogP contribution in [0.25, 0.3) is 33.3 Å². The molecule has 0 radical (unpaired) electrons. The number of piperidine rings is 1. The van der Waals surface area contributed by atoms with Crippen molar-refractivity contribution in [2.75, 3.05) is 19.7 Å². The van der Waals surface area contributed by atoms with Crippen molar-refractivity contribution in [2.24, 2.45) is 0 Å². The van der Waals surface area contributed by atoms with Gasteiger partial charge >= 0.3 is 6.09 Å². The minimum absolute atomic E-state index is 0.190. The fourth-order valence-corrected chi connectivity index (χ4v) is 6.37. The SMILES string of the molecule is Cc1nc2ccc(Oc3ccc4ncc(-c5cnn(C6CCN(C(=O)O)CC6F)c5)nc4c3Cl)cc2n1COCC[Si](C)(C)C. The molecule has 1 saturated heterocycles. The van der Waals surface area contributed by atoms with Crippen molar-refractivity contribution < 1.29 is 23.8 Å². The Morgan fingerprint density at radius 2 is 1.96 bits per heavy atom. The average Bonchev–Trinajstić information content (AvgIpc) is 3.60. The number of rotatable bonds is 9. The fraction of sp³-hybridized carbons (Fsp3) is 0.387. The number of amides is 1. The zero-order valence-corrected chi connectivity index (χ0v) is 27.3. The number of nitrogens with zero attached hydrogens (tertiary/aromatic N) is 7. The van der Waals surface area contributed by atoms with Gasteiger partial charge in [-0.2, -0.15) is 5.10 Å². The van der Waals surface area contributed by atoms with Gasteiger partial charge in [0.25, 0.3) is 0 Å². The maximum absolute atomic E-state index is 14.8. The molecule has 0 aliphatic carbocycles. The van der Waals surface area contributed by atoms with Crippen molar-refractivity contribution in [2.45, 2.75) is 58.0 Å². The summed E-state index contributed by atoms with van der Waals surface area (Å²) in [5, 5.41) is 13.8. The number of aryl methyl sites for hydroxylation is 1. The van der Waals surface area contributed by atoms with Crippen molar-refractivity contribution in [1.29, 1.82) is 0 Å². The third-order valence-corrected chi connectivity index (χ3v) is 10.1. The van der Waals surface area contributed by atoms with E-state index >= 15 is 0 Å². The fourth-order valence-electron chi connectivity index (χ4n) is 5.37. The highest BCUT2D eigenvalue weighted by Crippen LogP contribution is 2.36. The number of ether oxygens (including phenoxy) is 2. The smallest absolute Gasteiger partial charge is 0.407 e. The number of fused-ring (bicyclic) bond motifs is 2. The Morgan fingerprint density at radius 1 is 1.16 bits per heavy atom. The molecule has 1 aliphatic rings. The summed E-state index contributed by atoms with van der Waals surface area (Å²) in [4.78, 5) is 26.3. The summed E-state index contributed by atoms with van der Waals surface area (Å²) in [7, 11) is -1.19. The van der Waals surface area contributed by atoms with E-state index in [1.807, 2.05) is 29.7 Å². The molecule has 0 bridgehead atoms. The first-order valence-electron chi connectivity index (χ1n) is 14.8. The summed E-state index contributed by atoms with van der Waals surface area (Å²) < 4.78 is 30.6. The van der Waals surface area contributed by atoms with Gasteiger partial charge in [-0.1, -0.05) is 31.2 Å². The van der Waals surface area contributed by atoms with E-state index in [2.05, 4.69) is 34.7 Å². The molecule has 1 aliphatic heterocycles. The second kappa shape index (κ2) is 12.4. The zero-order valence-electron chi connectivity index (χ0n) is 25.6. The first-order valence-corrected chi connectivity index (χ1v) is 18.9. The molecule has 1 amide bonds. The number of alkyl halides is 1. The van der Waals surface area contributed by atoms with E-state index in [4.69, 9.17) is 26.1 Å². The Morgan fingerprint density at radius 3 is 2.71 bits per heavy atom. The number of carbonyl (C=O) groups is 1. The van der Waals surface area contributed by atoms with Crippen LogP contribution in [0.4, 0.5) is 9.18 Å². The molecule has 4 heterocycles. The monoisotopic (exact) mass is 651 g/mol. The van der Waals surface area contributed by atoms with Crippen LogP contribution in [0.3, 0.4) is 0 Å². The normalized spacial score (nSPS) is 17.3. The number of carboxylic acid groups (broad SMARTS) is 1. The van der Waals surface area contributed by atoms with Gasteiger partial charge in [-0.15, -0.1) is 0 Å². The van der Waals surface area contributed by atoms with Gasteiger partial charge in [-0.05, 0) is 43.7 Å². The molecule has 0 saturated carbocycles. The lowest BCUT2D eigenvalue weighted by Gasteiger charge is -2.32. The molecule has 2 unspecified atom stereocenters. The number of halogens is 2. The molecule has 236 valence electrons. The number of benzene rings is 2. The molecule has 0 spiro atoms. The van der Waals surface area contributed by atoms with Gasteiger partial charge < -0.3 is 24.0 Å². The number of hydrogen-bond donors (Lipinski definition) is 1. The summed E-state index contributed by atoms with van der Waals surface area (Å²) in [6, 6.07) is 9.75. The zero-order chi connectivity index (χ0) is 31.9.